The van der Waals surface area contributed by atoms with Crippen LogP contribution in [0.2, 0.25) is 0 Å². The molecule has 1 rings (SSSR count). The summed E-state index contributed by atoms with van der Waals surface area (Å²) in [5.41, 5.74) is 5.71. The van der Waals surface area contributed by atoms with Gasteiger partial charge in [0.2, 0.25) is 0 Å². The summed E-state index contributed by atoms with van der Waals surface area (Å²) in [6, 6.07) is 0.259. The Morgan fingerprint density at radius 3 is 1.80 bits per heavy atom. The molecule has 0 radical (unpaired) electrons. The van der Waals surface area contributed by atoms with Crippen LogP contribution in [0, 0.1) is 0 Å². The maximum atomic E-state index is 5.71. The van der Waals surface area contributed by atoms with E-state index in [1.165, 1.54) is 0 Å². The number of rotatable bonds is 2. The van der Waals surface area contributed by atoms with Crippen LogP contribution in [0.15, 0.2) is 0 Å². The van der Waals surface area contributed by atoms with Crippen LogP contribution in [0.4, 0.5) is 0 Å². The minimum Gasteiger partial charge on any atom is -0.379 e. The van der Waals surface area contributed by atoms with E-state index in [1.54, 1.807) is 14.2 Å². The molecule has 1 aliphatic rings. The quantitative estimate of drug-likeness (QED) is 0.601. The topological polar surface area (TPSA) is 44.5 Å². The van der Waals surface area contributed by atoms with E-state index in [1.807, 2.05) is 0 Å². The second-order valence-corrected chi connectivity index (χ2v) is 2.78. The zero-order valence-corrected chi connectivity index (χ0v) is 6.54. The molecule has 10 heavy (non-hydrogen) atoms. The highest BCUT2D eigenvalue weighted by Gasteiger charge is 2.32. The highest BCUT2D eigenvalue weighted by molar-refractivity contribution is 4.86. The fourth-order valence-electron chi connectivity index (χ4n) is 1.49. The van der Waals surface area contributed by atoms with Crippen molar-refractivity contribution in [3.8, 4) is 0 Å². The Morgan fingerprint density at radius 2 is 1.50 bits per heavy atom. The van der Waals surface area contributed by atoms with Gasteiger partial charge in [0.15, 0.2) is 0 Å². The van der Waals surface area contributed by atoms with E-state index in [0.717, 1.165) is 12.8 Å². The Labute approximate surface area is 61.5 Å². The van der Waals surface area contributed by atoms with Gasteiger partial charge in [-0.3, -0.25) is 0 Å². The molecule has 0 aromatic carbocycles. The summed E-state index contributed by atoms with van der Waals surface area (Å²) in [6.07, 6.45) is 2.27. The fourth-order valence-corrected chi connectivity index (χ4v) is 1.49. The molecule has 0 saturated heterocycles. The Hall–Kier alpha value is -0.120. The maximum Gasteiger partial charge on any atom is 0.0848 e. The molecule has 0 heterocycles. The molecule has 2 N–H and O–H groups in total. The van der Waals surface area contributed by atoms with Gasteiger partial charge in [0.05, 0.1) is 12.2 Å². The third kappa shape index (κ3) is 1.48. The van der Waals surface area contributed by atoms with Crippen molar-refractivity contribution < 1.29 is 9.47 Å². The van der Waals surface area contributed by atoms with Crippen LogP contribution in [0.1, 0.15) is 12.8 Å². The van der Waals surface area contributed by atoms with Crippen molar-refractivity contribution in [2.24, 2.45) is 5.73 Å². The van der Waals surface area contributed by atoms with Crippen molar-refractivity contribution in [3.63, 3.8) is 0 Å². The van der Waals surface area contributed by atoms with Crippen LogP contribution < -0.4 is 5.73 Å². The summed E-state index contributed by atoms with van der Waals surface area (Å²) in [7, 11) is 3.41. The van der Waals surface area contributed by atoms with E-state index in [4.69, 9.17) is 15.2 Å². The van der Waals surface area contributed by atoms with Crippen LogP contribution in [0.25, 0.3) is 0 Å². The van der Waals surface area contributed by atoms with Gasteiger partial charge in [0.25, 0.3) is 0 Å². The smallest absolute Gasteiger partial charge is 0.0848 e. The van der Waals surface area contributed by atoms with Crippen LogP contribution in [-0.4, -0.2) is 32.5 Å². The minimum absolute atomic E-state index is 0.208. The molecule has 1 aliphatic carbocycles. The molecule has 0 spiro atoms. The number of nitrogens with two attached hydrogens (primary N) is 1. The van der Waals surface area contributed by atoms with Crippen molar-refractivity contribution >= 4 is 0 Å². The lowest BCUT2D eigenvalue weighted by Crippen LogP contribution is -2.23. The molecular formula is C7H15NO2. The van der Waals surface area contributed by atoms with Crippen LogP contribution >= 0.6 is 0 Å². The van der Waals surface area contributed by atoms with Gasteiger partial charge < -0.3 is 15.2 Å². The highest BCUT2D eigenvalue weighted by Crippen LogP contribution is 2.22. The van der Waals surface area contributed by atoms with E-state index in [0.29, 0.717) is 0 Å². The molecule has 60 valence electrons. The molecule has 0 aliphatic heterocycles. The van der Waals surface area contributed by atoms with E-state index in [-0.39, 0.29) is 18.2 Å². The number of ether oxygens (including phenoxy) is 2. The first kappa shape index (κ1) is 7.98. The van der Waals surface area contributed by atoms with Crippen LogP contribution in [0.3, 0.4) is 0 Å². The average Bonchev–Trinajstić information content (AvgIpc) is 2.30. The van der Waals surface area contributed by atoms with Gasteiger partial charge in [0, 0.05) is 20.3 Å². The molecular weight excluding hydrogens is 130 g/mol. The van der Waals surface area contributed by atoms with Crippen molar-refractivity contribution in [2.45, 2.75) is 31.1 Å². The first-order chi connectivity index (χ1) is 4.77. The zero-order valence-electron chi connectivity index (χ0n) is 6.54. The average molecular weight is 145 g/mol. The number of hydrogen-bond acceptors (Lipinski definition) is 3. The molecule has 0 amide bonds. The standard InChI is InChI=1S/C7H15NO2/c1-9-6-3-5(8)4-7(6)10-2/h5-7H,3-4,8H2,1-2H3/t6-,7-/m1/s1. The molecule has 3 heteroatoms. The summed E-state index contributed by atoms with van der Waals surface area (Å²) in [6.45, 7) is 0. The summed E-state index contributed by atoms with van der Waals surface area (Å²) in [5.74, 6) is 0. The molecule has 0 bridgehead atoms. The normalized spacial score (nSPS) is 35.1. The summed E-state index contributed by atoms with van der Waals surface area (Å²) in [4.78, 5) is 0. The summed E-state index contributed by atoms with van der Waals surface area (Å²) >= 11 is 0. The van der Waals surface area contributed by atoms with Gasteiger partial charge >= 0.3 is 0 Å². The van der Waals surface area contributed by atoms with E-state index < -0.39 is 0 Å². The lowest BCUT2D eigenvalue weighted by Gasteiger charge is -2.15. The van der Waals surface area contributed by atoms with E-state index in [9.17, 15) is 0 Å². The van der Waals surface area contributed by atoms with Crippen molar-refractivity contribution in [1.82, 2.24) is 0 Å². The summed E-state index contributed by atoms with van der Waals surface area (Å²) < 4.78 is 10.4. The lowest BCUT2D eigenvalue weighted by atomic mass is 10.3. The molecule has 0 unspecified atom stereocenters. The van der Waals surface area contributed by atoms with Crippen LogP contribution in [-0.2, 0) is 9.47 Å². The van der Waals surface area contributed by atoms with Crippen molar-refractivity contribution in [3.05, 3.63) is 0 Å². The largest absolute Gasteiger partial charge is 0.379 e. The van der Waals surface area contributed by atoms with Gasteiger partial charge in [-0.2, -0.15) is 0 Å². The van der Waals surface area contributed by atoms with Gasteiger partial charge in [-0.15, -0.1) is 0 Å². The predicted molar refractivity (Wildman–Crippen MR) is 38.8 cm³/mol. The van der Waals surface area contributed by atoms with Gasteiger partial charge in [0.1, 0.15) is 0 Å². The molecule has 1 saturated carbocycles. The Kier molecular flexibility index (Phi) is 2.65. The lowest BCUT2D eigenvalue weighted by molar-refractivity contribution is -0.0157. The predicted octanol–water partition coefficient (Wildman–Crippen LogP) is 0.137. The third-order valence-corrected chi connectivity index (χ3v) is 2.09. The maximum absolute atomic E-state index is 5.71. The minimum atomic E-state index is 0.208. The molecule has 2 atom stereocenters. The molecule has 0 aromatic heterocycles. The SMILES string of the molecule is CO[C@@H]1CC(N)C[C@H]1OC. The van der Waals surface area contributed by atoms with Crippen molar-refractivity contribution in [1.29, 1.82) is 0 Å². The van der Waals surface area contributed by atoms with Crippen molar-refractivity contribution in [2.75, 3.05) is 14.2 Å². The Morgan fingerprint density at radius 1 is 1.10 bits per heavy atom. The first-order valence-corrected chi connectivity index (χ1v) is 3.59. The summed E-state index contributed by atoms with van der Waals surface area (Å²) in [5, 5.41) is 0. The molecule has 1 fully saturated rings. The zero-order chi connectivity index (χ0) is 7.56. The third-order valence-electron chi connectivity index (χ3n) is 2.09. The Balaban J connectivity index is 2.41. The van der Waals surface area contributed by atoms with Gasteiger partial charge in [-0.25, -0.2) is 0 Å². The monoisotopic (exact) mass is 145 g/mol. The number of methoxy groups -OCH3 is 2. The van der Waals surface area contributed by atoms with Crippen LogP contribution in [0.5, 0.6) is 0 Å². The van der Waals surface area contributed by atoms with E-state index in [2.05, 4.69) is 0 Å². The number of hydrogen-bond donors (Lipinski definition) is 1. The molecule has 0 aromatic rings. The highest BCUT2D eigenvalue weighted by atomic mass is 16.5. The fraction of sp³-hybridized carbons (Fsp3) is 1.00. The Bertz CT molecular complexity index is 95.8. The second kappa shape index (κ2) is 3.32. The first-order valence-electron chi connectivity index (χ1n) is 3.59. The van der Waals surface area contributed by atoms with Gasteiger partial charge in [-0.1, -0.05) is 0 Å². The molecule has 3 nitrogen and oxygen atoms in total. The van der Waals surface area contributed by atoms with E-state index >= 15 is 0 Å². The second-order valence-electron chi connectivity index (χ2n) is 2.78. The van der Waals surface area contributed by atoms with Gasteiger partial charge in [-0.05, 0) is 12.8 Å².